The van der Waals surface area contributed by atoms with Crippen LogP contribution in [0.3, 0.4) is 0 Å². The van der Waals surface area contributed by atoms with Gasteiger partial charge in [0.05, 0.1) is 13.8 Å². The van der Waals surface area contributed by atoms with Gasteiger partial charge in [-0.25, -0.2) is 4.42 Å². The van der Waals surface area contributed by atoms with Gasteiger partial charge in [0.1, 0.15) is 4.90 Å². The van der Waals surface area contributed by atoms with Crippen LogP contribution in [0.2, 0.25) is 0 Å². The van der Waals surface area contributed by atoms with Crippen molar-refractivity contribution >= 4 is 12.6 Å². The summed E-state index contributed by atoms with van der Waals surface area (Å²) in [4.78, 5) is 0.953. The summed E-state index contributed by atoms with van der Waals surface area (Å²) in [6.07, 6.45) is 0.901. The molecular weight excluding hydrogens is 216 g/mol. The monoisotopic (exact) mass is 231 g/mol. The molecule has 1 aromatic carbocycles. The van der Waals surface area contributed by atoms with Crippen LogP contribution in [0, 0.1) is 13.8 Å². The molecule has 2 heteroatoms. The summed E-state index contributed by atoms with van der Waals surface area (Å²) in [5, 5.41) is 0. The van der Waals surface area contributed by atoms with Gasteiger partial charge in [-0.05, 0) is 17.5 Å². The smallest absolute Gasteiger partial charge is 0.217 e. The third kappa shape index (κ3) is 2.45. The lowest BCUT2D eigenvalue weighted by Gasteiger charge is -2.03. The molecule has 1 heterocycles. The minimum Gasteiger partial charge on any atom is -0.217 e. The van der Waals surface area contributed by atoms with Gasteiger partial charge in [0.2, 0.25) is 0 Å². The summed E-state index contributed by atoms with van der Waals surface area (Å²) in [5.41, 5.74) is 2.51. The van der Waals surface area contributed by atoms with E-state index in [1.807, 2.05) is 19.9 Å². The fourth-order valence-corrected chi connectivity index (χ4v) is 2.00. The Kier molecular flexibility index (Phi) is 3.30. The number of aryl methyl sites for hydroxylation is 2. The lowest BCUT2D eigenvalue weighted by Crippen LogP contribution is -1.93. The second-order valence-electron chi connectivity index (χ2n) is 3.95. The summed E-state index contributed by atoms with van der Waals surface area (Å²) < 4.78 is 5.51. The molecule has 2 aromatic rings. The van der Waals surface area contributed by atoms with Gasteiger partial charge in [0, 0.05) is 6.07 Å². The third-order valence-corrected chi connectivity index (χ3v) is 3.17. The van der Waals surface area contributed by atoms with Gasteiger partial charge in [0.25, 0.3) is 0 Å². The van der Waals surface area contributed by atoms with E-state index in [4.69, 9.17) is 4.42 Å². The Hall–Kier alpha value is -1.28. The Balaban J connectivity index is 2.35. The Morgan fingerprint density at radius 3 is 2.50 bits per heavy atom. The van der Waals surface area contributed by atoms with Gasteiger partial charge in [0.15, 0.2) is 0 Å². The summed E-state index contributed by atoms with van der Waals surface area (Å²) in [6, 6.07) is 12.5. The van der Waals surface area contributed by atoms with Crippen LogP contribution in [0.4, 0.5) is 0 Å². The molecule has 0 aliphatic heterocycles. The van der Waals surface area contributed by atoms with E-state index in [9.17, 15) is 0 Å². The molecule has 0 aliphatic rings. The van der Waals surface area contributed by atoms with Gasteiger partial charge in [-0.1, -0.05) is 30.3 Å². The second-order valence-corrected chi connectivity index (χ2v) is 4.40. The van der Waals surface area contributed by atoms with Crippen LogP contribution in [-0.2, 0) is 6.42 Å². The summed E-state index contributed by atoms with van der Waals surface area (Å²) in [7, 11) is 0. The Bertz CT molecular complexity index is 492. The van der Waals surface area contributed by atoms with E-state index in [1.54, 1.807) is 0 Å². The number of hydrogen-bond donors (Lipinski definition) is 1. The van der Waals surface area contributed by atoms with E-state index in [0.29, 0.717) is 0 Å². The maximum Gasteiger partial charge on any atom is 0.339 e. The largest absolute Gasteiger partial charge is 0.339 e. The normalized spacial score (nSPS) is 10.4. The molecule has 0 unspecified atom stereocenters. The van der Waals surface area contributed by atoms with E-state index < -0.39 is 0 Å². The lowest BCUT2D eigenvalue weighted by molar-refractivity contribution is 0.469. The molecule has 0 N–H and O–H groups in total. The summed E-state index contributed by atoms with van der Waals surface area (Å²) in [5.74, 6) is 1.82. The minimum absolute atomic E-state index is 0.884. The zero-order valence-electron chi connectivity index (χ0n) is 9.53. The number of thiol groups is 1. The van der Waals surface area contributed by atoms with Crippen molar-refractivity contribution in [3.05, 3.63) is 59.0 Å². The van der Waals surface area contributed by atoms with Gasteiger partial charge in [-0.15, -0.1) is 12.6 Å². The van der Waals surface area contributed by atoms with Crippen molar-refractivity contribution in [2.45, 2.75) is 25.2 Å². The molecule has 0 bridgehead atoms. The highest BCUT2D eigenvalue weighted by Gasteiger charge is 2.15. The van der Waals surface area contributed by atoms with Crippen LogP contribution < -0.4 is 0 Å². The fourth-order valence-electron chi connectivity index (χ4n) is 1.81. The molecule has 2 rings (SSSR count). The highest BCUT2D eigenvalue weighted by molar-refractivity contribution is 7.80. The highest BCUT2D eigenvalue weighted by Crippen LogP contribution is 2.23. The first-order valence-electron chi connectivity index (χ1n) is 5.33. The van der Waals surface area contributed by atoms with E-state index in [0.717, 1.165) is 22.8 Å². The van der Waals surface area contributed by atoms with Gasteiger partial charge in [-0.2, -0.15) is 0 Å². The molecular formula is C14H15OS+. The Morgan fingerprint density at radius 1 is 1.12 bits per heavy atom. The Labute approximate surface area is 102 Å². The maximum absolute atomic E-state index is 5.51. The third-order valence-electron chi connectivity index (χ3n) is 2.57. The van der Waals surface area contributed by atoms with Crippen molar-refractivity contribution < 1.29 is 4.42 Å². The van der Waals surface area contributed by atoms with Crippen molar-refractivity contribution in [1.82, 2.24) is 0 Å². The molecule has 0 spiro atoms. The molecule has 0 amide bonds. The van der Waals surface area contributed by atoms with Crippen molar-refractivity contribution in [1.29, 1.82) is 0 Å². The van der Waals surface area contributed by atoms with Gasteiger partial charge in [-0.3, -0.25) is 0 Å². The number of hydrogen-bond acceptors (Lipinski definition) is 1. The van der Waals surface area contributed by atoms with Crippen molar-refractivity contribution in [3.8, 4) is 0 Å². The zero-order valence-corrected chi connectivity index (χ0v) is 10.4. The Morgan fingerprint density at radius 2 is 1.81 bits per heavy atom. The molecule has 1 aromatic heterocycles. The molecule has 0 radical (unpaired) electrons. The topological polar surface area (TPSA) is 11.3 Å². The average molecular weight is 231 g/mol. The SMILES string of the molecule is Cc1cc(Cc2ccccc2)c(S)c(C)[o+]1. The standard InChI is InChI=1S/C14H14OS/c1-10-8-13(14(16)11(2)15-10)9-12-6-4-3-5-7-12/h3-8H,9H2,1-2H3/p+1. The van der Waals surface area contributed by atoms with Crippen LogP contribution in [0.5, 0.6) is 0 Å². The average Bonchev–Trinajstić information content (AvgIpc) is 2.27. The molecule has 82 valence electrons. The molecule has 1 nitrogen and oxygen atoms in total. The van der Waals surface area contributed by atoms with E-state index in [-0.39, 0.29) is 0 Å². The minimum atomic E-state index is 0.884. The van der Waals surface area contributed by atoms with E-state index >= 15 is 0 Å². The predicted octanol–water partition coefficient (Wildman–Crippen LogP) is 4.06. The van der Waals surface area contributed by atoms with Crippen molar-refractivity contribution in [2.75, 3.05) is 0 Å². The maximum atomic E-state index is 5.51. The first kappa shape index (κ1) is 11.2. The quantitative estimate of drug-likeness (QED) is 0.607. The van der Waals surface area contributed by atoms with Crippen molar-refractivity contribution in [3.63, 3.8) is 0 Å². The summed E-state index contributed by atoms with van der Waals surface area (Å²) in [6.45, 7) is 3.92. The molecule has 0 atom stereocenters. The number of rotatable bonds is 2. The molecule has 0 saturated carbocycles. The van der Waals surface area contributed by atoms with Crippen LogP contribution in [-0.4, -0.2) is 0 Å². The highest BCUT2D eigenvalue weighted by atomic mass is 32.1. The molecule has 0 fully saturated rings. The molecule has 16 heavy (non-hydrogen) atoms. The van der Waals surface area contributed by atoms with Crippen LogP contribution in [0.15, 0.2) is 45.7 Å². The van der Waals surface area contributed by atoms with E-state index in [1.165, 1.54) is 11.1 Å². The summed E-state index contributed by atoms with van der Waals surface area (Å²) >= 11 is 4.50. The molecule has 0 saturated heterocycles. The lowest BCUT2D eigenvalue weighted by atomic mass is 10.1. The zero-order chi connectivity index (χ0) is 11.5. The van der Waals surface area contributed by atoms with Crippen LogP contribution in [0.25, 0.3) is 0 Å². The van der Waals surface area contributed by atoms with E-state index in [2.05, 4.69) is 43.0 Å². The van der Waals surface area contributed by atoms with Crippen LogP contribution in [0.1, 0.15) is 22.6 Å². The fraction of sp³-hybridized carbons (Fsp3) is 0.214. The predicted molar refractivity (Wildman–Crippen MR) is 69.1 cm³/mol. The first-order valence-corrected chi connectivity index (χ1v) is 5.77. The molecule has 0 aliphatic carbocycles. The van der Waals surface area contributed by atoms with Crippen LogP contribution >= 0.6 is 12.6 Å². The van der Waals surface area contributed by atoms with Gasteiger partial charge < -0.3 is 0 Å². The van der Waals surface area contributed by atoms with Crippen molar-refractivity contribution in [2.24, 2.45) is 0 Å². The second kappa shape index (κ2) is 4.71. The first-order chi connectivity index (χ1) is 7.66. The van der Waals surface area contributed by atoms with Gasteiger partial charge >= 0.3 is 11.5 Å². The number of benzene rings is 1.